The minimum atomic E-state index is -0.939. The number of aryl methyl sites for hydroxylation is 1. The molecule has 3 rings (SSSR count). The number of nitrogens with one attached hydrogen (secondary N) is 1. The molecule has 0 atom stereocenters. The molecule has 26 heavy (non-hydrogen) atoms. The zero-order valence-corrected chi connectivity index (χ0v) is 14.7. The molecule has 132 valence electrons. The predicted octanol–water partition coefficient (Wildman–Crippen LogP) is 2.89. The topological polar surface area (TPSA) is 71.4 Å². The molecule has 0 unspecified atom stereocenters. The number of amides is 2. The molecule has 0 fully saturated rings. The average molecular weight is 370 g/mol. The van der Waals surface area contributed by atoms with Gasteiger partial charge in [-0.3, -0.25) is 24.4 Å². The highest BCUT2D eigenvalue weighted by Gasteiger charge is 2.23. The molecular weight excluding hydrogens is 354 g/mol. The number of benzene rings is 2. The lowest BCUT2D eigenvalue weighted by molar-refractivity contribution is -0.122. The third-order valence-electron chi connectivity index (χ3n) is 3.88. The quantitative estimate of drug-likeness (QED) is 0.429. The molecule has 0 aliphatic carbocycles. The van der Waals surface area contributed by atoms with Crippen molar-refractivity contribution in [2.24, 2.45) is 0 Å². The highest BCUT2D eigenvalue weighted by atomic mass is 35.5. The van der Waals surface area contributed by atoms with E-state index in [4.69, 9.17) is 11.6 Å². The van der Waals surface area contributed by atoms with Gasteiger partial charge in [-0.1, -0.05) is 35.9 Å². The van der Waals surface area contributed by atoms with Crippen molar-refractivity contribution in [3.63, 3.8) is 0 Å². The molecule has 0 aliphatic heterocycles. The van der Waals surface area contributed by atoms with Crippen LogP contribution in [0.4, 0.5) is 5.69 Å². The zero-order chi connectivity index (χ0) is 18.7. The van der Waals surface area contributed by atoms with Crippen LogP contribution < -0.4 is 10.4 Å². The Kier molecular flexibility index (Phi) is 5.04. The van der Waals surface area contributed by atoms with Crippen LogP contribution in [0.3, 0.4) is 0 Å². The van der Waals surface area contributed by atoms with E-state index in [1.54, 1.807) is 42.5 Å². The first kappa shape index (κ1) is 17.7. The van der Waals surface area contributed by atoms with Crippen LogP contribution in [0.5, 0.6) is 0 Å². The molecule has 2 aromatic carbocycles. The van der Waals surface area contributed by atoms with E-state index in [2.05, 4.69) is 5.43 Å². The molecule has 1 heterocycles. The minimum Gasteiger partial charge on any atom is -0.279 e. The zero-order valence-electron chi connectivity index (χ0n) is 14.0. The molecule has 0 bridgehead atoms. The molecule has 2 amide bonds. The van der Waals surface area contributed by atoms with Crippen LogP contribution in [-0.4, -0.2) is 28.2 Å². The van der Waals surface area contributed by atoms with Crippen molar-refractivity contribution in [3.8, 4) is 0 Å². The normalized spacial score (nSPS) is 10.5. The van der Waals surface area contributed by atoms with Crippen molar-refractivity contribution in [2.45, 2.75) is 6.92 Å². The van der Waals surface area contributed by atoms with Crippen molar-refractivity contribution >= 4 is 45.9 Å². The van der Waals surface area contributed by atoms with E-state index < -0.39 is 17.7 Å². The number of carbonyl (C=O) groups excluding carboxylic acids is 3. The number of alkyl halides is 1. The Bertz CT molecular complexity index is 979. The first-order valence-electron chi connectivity index (χ1n) is 7.88. The number of hydrogen-bond acceptors (Lipinski definition) is 3. The summed E-state index contributed by atoms with van der Waals surface area (Å²) < 4.78 is 1.24. The molecular formula is C19H16ClN3O3. The van der Waals surface area contributed by atoms with Gasteiger partial charge in [-0.05, 0) is 31.2 Å². The summed E-state index contributed by atoms with van der Waals surface area (Å²) in [5, 5.41) is 1.82. The van der Waals surface area contributed by atoms with Crippen LogP contribution in [0.2, 0.25) is 0 Å². The van der Waals surface area contributed by atoms with Crippen molar-refractivity contribution in [2.75, 3.05) is 10.9 Å². The third-order valence-corrected chi connectivity index (χ3v) is 4.11. The molecule has 0 saturated carbocycles. The van der Waals surface area contributed by atoms with E-state index in [-0.39, 0.29) is 5.88 Å². The molecule has 6 nitrogen and oxygen atoms in total. The number of anilines is 1. The fourth-order valence-electron chi connectivity index (χ4n) is 2.54. The Labute approximate surface area is 154 Å². The Morgan fingerprint density at radius 1 is 1.04 bits per heavy atom. The lowest BCUT2D eigenvalue weighted by Gasteiger charge is -2.22. The van der Waals surface area contributed by atoms with Gasteiger partial charge >= 0.3 is 11.8 Å². The van der Waals surface area contributed by atoms with Gasteiger partial charge in [0.2, 0.25) is 0 Å². The van der Waals surface area contributed by atoms with Crippen LogP contribution >= 0.6 is 11.6 Å². The molecule has 0 radical (unpaired) electrons. The number of aromatic nitrogens is 1. The smallest absolute Gasteiger partial charge is 0.279 e. The maximum absolute atomic E-state index is 12.5. The number of fused-ring (bicyclic) bond motifs is 1. The Balaban J connectivity index is 1.86. The number of carbonyl (C=O) groups is 3. The third kappa shape index (κ3) is 3.45. The molecule has 1 aromatic heterocycles. The number of hydrazine groups is 1. The van der Waals surface area contributed by atoms with Crippen molar-refractivity contribution < 1.29 is 14.4 Å². The predicted molar refractivity (Wildman–Crippen MR) is 100 cm³/mol. The number of halogens is 1. The van der Waals surface area contributed by atoms with Crippen LogP contribution in [-0.2, 0) is 9.59 Å². The summed E-state index contributed by atoms with van der Waals surface area (Å²) in [7, 11) is 0. The number of nitrogens with zero attached hydrogens (tertiary/aromatic N) is 2. The highest BCUT2D eigenvalue weighted by Crippen LogP contribution is 2.16. The van der Waals surface area contributed by atoms with Gasteiger partial charge in [0, 0.05) is 11.6 Å². The van der Waals surface area contributed by atoms with Gasteiger partial charge in [-0.2, -0.15) is 0 Å². The van der Waals surface area contributed by atoms with Gasteiger partial charge in [0.15, 0.2) is 0 Å². The second kappa shape index (κ2) is 7.41. The van der Waals surface area contributed by atoms with Gasteiger partial charge in [-0.25, -0.2) is 5.01 Å². The van der Waals surface area contributed by atoms with E-state index in [0.717, 1.165) is 16.0 Å². The van der Waals surface area contributed by atoms with E-state index in [0.29, 0.717) is 11.2 Å². The number of rotatable bonds is 2. The first-order valence-corrected chi connectivity index (χ1v) is 8.41. The van der Waals surface area contributed by atoms with Crippen LogP contribution in [0, 0.1) is 6.92 Å². The van der Waals surface area contributed by atoms with Crippen molar-refractivity contribution in [3.05, 3.63) is 66.4 Å². The maximum atomic E-state index is 12.5. The molecule has 3 aromatic rings. The van der Waals surface area contributed by atoms with Crippen LogP contribution in [0.15, 0.2) is 60.8 Å². The van der Waals surface area contributed by atoms with E-state index in [1.165, 1.54) is 10.8 Å². The van der Waals surface area contributed by atoms with Crippen LogP contribution in [0.25, 0.3) is 10.9 Å². The Morgan fingerprint density at radius 3 is 2.42 bits per heavy atom. The summed E-state index contributed by atoms with van der Waals surface area (Å²) in [6, 6.07) is 15.8. The van der Waals surface area contributed by atoms with Crippen LogP contribution in [0.1, 0.15) is 10.4 Å². The minimum absolute atomic E-state index is 0.338. The summed E-state index contributed by atoms with van der Waals surface area (Å²) in [5.74, 6) is -2.63. The molecule has 0 saturated heterocycles. The lowest BCUT2D eigenvalue weighted by atomic mass is 10.2. The van der Waals surface area contributed by atoms with E-state index >= 15 is 0 Å². The second-order valence-electron chi connectivity index (χ2n) is 5.69. The Morgan fingerprint density at radius 2 is 1.73 bits per heavy atom. The van der Waals surface area contributed by atoms with Gasteiger partial charge in [0.1, 0.15) is 5.88 Å². The van der Waals surface area contributed by atoms with Gasteiger partial charge < -0.3 is 0 Å². The lowest BCUT2D eigenvalue weighted by Crippen LogP contribution is -2.50. The van der Waals surface area contributed by atoms with Crippen molar-refractivity contribution in [1.29, 1.82) is 0 Å². The number of para-hydroxylation sites is 1. The van der Waals surface area contributed by atoms with Gasteiger partial charge in [0.05, 0.1) is 11.2 Å². The molecule has 0 aliphatic rings. The molecule has 7 heteroatoms. The largest absolute Gasteiger partial charge is 0.329 e. The Hall–Kier alpha value is -3.12. The van der Waals surface area contributed by atoms with Crippen molar-refractivity contribution in [1.82, 2.24) is 9.99 Å². The fourth-order valence-corrected chi connectivity index (χ4v) is 2.66. The first-order chi connectivity index (χ1) is 12.5. The second-order valence-corrected chi connectivity index (χ2v) is 5.96. The molecule has 1 N–H and O–H groups in total. The summed E-state index contributed by atoms with van der Waals surface area (Å²) in [4.78, 5) is 37.1. The van der Waals surface area contributed by atoms with Gasteiger partial charge in [-0.15, -0.1) is 11.6 Å². The van der Waals surface area contributed by atoms with E-state index in [9.17, 15) is 14.4 Å². The summed E-state index contributed by atoms with van der Waals surface area (Å²) >= 11 is 5.64. The summed E-state index contributed by atoms with van der Waals surface area (Å²) in [5.41, 5.74) is 4.37. The maximum Gasteiger partial charge on any atom is 0.329 e. The standard InChI is InChI=1S/C19H16ClN3O3/c1-13-6-8-15(9-7-13)23(17(24)12-20)21-18(25)19(26)22-11-10-14-4-2-3-5-16(14)22/h2-11H,12H2,1H3,(H,21,25). The SMILES string of the molecule is Cc1ccc(N(NC(=O)C(=O)n2ccc3ccccc32)C(=O)CCl)cc1. The summed E-state index contributed by atoms with van der Waals surface area (Å²) in [6.07, 6.45) is 1.52. The van der Waals surface area contributed by atoms with Gasteiger partial charge in [0.25, 0.3) is 5.91 Å². The molecule has 0 spiro atoms. The van der Waals surface area contributed by atoms with E-state index in [1.807, 2.05) is 19.1 Å². The average Bonchev–Trinajstić information content (AvgIpc) is 3.09. The number of hydrogen-bond donors (Lipinski definition) is 1. The fraction of sp³-hybridized carbons (Fsp3) is 0.105. The monoisotopic (exact) mass is 369 g/mol. The highest BCUT2D eigenvalue weighted by molar-refractivity contribution is 6.38. The summed E-state index contributed by atoms with van der Waals surface area (Å²) in [6.45, 7) is 1.90.